The van der Waals surface area contributed by atoms with Gasteiger partial charge < -0.3 is 33.9 Å². The molecule has 2 heterocycles. The monoisotopic (exact) mass is 613 g/mol. The molecule has 0 fully saturated rings. The summed E-state index contributed by atoms with van der Waals surface area (Å²) in [6.45, 7) is 3.73. The van der Waals surface area contributed by atoms with Crippen LogP contribution in [0.2, 0.25) is 0 Å². The van der Waals surface area contributed by atoms with E-state index < -0.39 is 20.0 Å². The Morgan fingerprint density at radius 2 is 1.45 bits per heavy atom. The maximum absolute atomic E-state index is 12.4. The maximum atomic E-state index is 12.4. The number of methoxy groups -OCH3 is 1. The fraction of sp³-hybridized carbons (Fsp3) is 0.833. The largest absolute Gasteiger partial charge is 0.382 e. The van der Waals surface area contributed by atoms with Gasteiger partial charge in [0.25, 0.3) is 0 Å². The van der Waals surface area contributed by atoms with Crippen molar-refractivity contribution in [1.82, 2.24) is 19.5 Å². The van der Waals surface area contributed by atoms with E-state index in [0.29, 0.717) is 24.3 Å². The van der Waals surface area contributed by atoms with Crippen molar-refractivity contribution < 1.29 is 28.2 Å². The number of anilines is 1. The Balaban J connectivity index is 1.43. The standard InChI is InChI=1S/C30H56N5O6P/c1-3-4-5-6-7-8-9-10-11-12-13-14-15-16-17-18-19-39-20-21-41-42(36,37)26-40-27(23-38-2)22-35-25-34-28-29(31)32-24-33-30(28)35/h24-25,27H,3-23,26H2,1-2H3,(H,36,37)(H2,31,32,33). The zero-order valence-electron chi connectivity index (χ0n) is 26.1. The molecule has 12 heteroatoms. The van der Waals surface area contributed by atoms with E-state index in [1.54, 1.807) is 10.9 Å². The summed E-state index contributed by atoms with van der Waals surface area (Å²) in [7, 11) is -2.40. The van der Waals surface area contributed by atoms with Crippen molar-refractivity contribution in [2.75, 3.05) is 45.6 Å². The predicted octanol–water partition coefficient (Wildman–Crippen LogP) is 6.88. The molecule has 0 spiro atoms. The van der Waals surface area contributed by atoms with Crippen molar-refractivity contribution >= 4 is 24.6 Å². The molecular formula is C30H56N5O6P. The van der Waals surface area contributed by atoms with Gasteiger partial charge in [-0.25, -0.2) is 15.0 Å². The van der Waals surface area contributed by atoms with Crippen LogP contribution in [0.15, 0.2) is 12.7 Å². The number of hydrogen-bond acceptors (Lipinski definition) is 9. The van der Waals surface area contributed by atoms with Crippen LogP contribution in [0.4, 0.5) is 5.82 Å². The third kappa shape index (κ3) is 16.3. The molecule has 0 aliphatic heterocycles. The van der Waals surface area contributed by atoms with E-state index in [9.17, 15) is 9.46 Å². The van der Waals surface area contributed by atoms with Gasteiger partial charge in [-0.1, -0.05) is 103 Å². The van der Waals surface area contributed by atoms with Gasteiger partial charge in [0.2, 0.25) is 0 Å². The van der Waals surface area contributed by atoms with E-state index in [0.717, 1.165) is 12.8 Å². The molecule has 2 aromatic heterocycles. The zero-order chi connectivity index (χ0) is 30.3. The van der Waals surface area contributed by atoms with Crippen molar-refractivity contribution in [3.8, 4) is 0 Å². The third-order valence-electron chi connectivity index (χ3n) is 7.32. The first-order valence-electron chi connectivity index (χ1n) is 16.0. The van der Waals surface area contributed by atoms with Crippen molar-refractivity contribution in [3.63, 3.8) is 0 Å². The van der Waals surface area contributed by atoms with E-state index in [-0.39, 0.29) is 25.6 Å². The molecule has 2 rings (SSSR count). The summed E-state index contributed by atoms with van der Waals surface area (Å²) < 4.78 is 35.8. The molecule has 3 N–H and O–H groups in total. The fourth-order valence-electron chi connectivity index (χ4n) is 4.92. The smallest absolute Gasteiger partial charge is 0.353 e. The number of rotatable bonds is 28. The molecule has 0 saturated heterocycles. The van der Waals surface area contributed by atoms with Crippen molar-refractivity contribution in [1.29, 1.82) is 0 Å². The second-order valence-electron chi connectivity index (χ2n) is 11.1. The quantitative estimate of drug-likeness (QED) is 0.0770. The van der Waals surface area contributed by atoms with E-state index in [1.807, 2.05) is 0 Å². The first-order valence-corrected chi connectivity index (χ1v) is 17.8. The van der Waals surface area contributed by atoms with Crippen LogP contribution in [0, 0.1) is 0 Å². The highest BCUT2D eigenvalue weighted by Crippen LogP contribution is 2.41. The summed E-state index contributed by atoms with van der Waals surface area (Å²) in [4.78, 5) is 22.5. The first kappa shape index (κ1) is 36.6. The second-order valence-corrected chi connectivity index (χ2v) is 12.9. The lowest BCUT2D eigenvalue weighted by Crippen LogP contribution is -2.26. The number of hydrogen-bond donors (Lipinski definition) is 2. The Kier molecular flexibility index (Phi) is 19.9. The number of nitrogens with zero attached hydrogens (tertiary/aromatic N) is 4. The first-order chi connectivity index (χ1) is 20.5. The van der Waals surface area contributed by atoms with E-state index in [4.69, 9.17) is 24.5 Å². The molecule has 2 atom stereocenters. The highest BCUT2D eigenvalue weighted by atomic mass is 31.2. The SMILES string of the molecule is CCCCCCCCCCCCCCCCCCOCCOP(=O)(O)COC(COC)Cn1cnc2c(N)ncnc21. The zero-order valence-corrected chi connectivity index (χ0v) is 27.0. The fourth-order valence-corrected chi connectivity index (χ4v) is 5.75. The molecular weight excluding hydrogens is 557 g/mol. The van der Waals surface area contributed by atoms with Gasteiger partial charge in [0, 0.05) is 13.7 Å². The van der Waals surface area contributed by atoms with Gasteiger partial charge >= 0.3 is 7.60 Å². The molecule has 42 heavy (non-hydrogen) atoms. The van der Waals surface area contributed by atoms with Crippen LogP contribution in [0.1, 0.15) is 110 Å². The average molecular weight is 614 g/mol. The van der Waals surface area contributed by atoms with Crippen molar-refractivity contribution in [2.24, 2.45) is 0 Å². The molecule has 0 aliphatic rings. The molecule has 2 aromatic rings. The van der Waals surface area contributed by atoms with E-state index in [1.165, 1.54) is 103 Å². The van der Waals surface area contributed by atoms with Crippen molar-refractivity contribution in [3.05, 3.63) is 12.7 Å². The lowest BCUT2D eigenvalue weighted by Gasteiger charge is -2.20. The van der Waals surface area contributed by atoms with Crippen LogP contribution >= 0.6 is 7.60 Å². The molecule has 11 nitrogen and oxygen atoms in total. The van der Waals surface area contributed by atoms with Crippen LogP contribution in [-0.2, 0) is 29.8 Å². The minimum atomic E-state index is -3.94. The van der Waals surface area contributed by atoms with Crippen LogP contribution in [0.25, 0.3) is 11.2 Å². The van der Waals surface area contributed by atoms with Crippen LogP contribution in [0.3, 0.4) is 0 Å². The van der Waals surface area contributed by atoms with Crippen LogP contribution < -0.4 is 5.73 Å². The summed E-state index contributed by atoms with van der Waals surface area (Å²) in [5.74, 6) is 0.285. The Bertz CT molecular complexity index is 994. The minimum Gasteiger partial charge on any atom is -0.382 e. The minimum absolute atomic E-state index is 0.0350. The van der Waals surface area contributed by atoms with Gasteiger partial charge in [0.05, 0.1) is 38.8 Å². The number of ether oxygens (including phenoxy) is 3. The summed E-state index contributed by atoms with van der Waals surface area (Å²) in [6.07, 6.45) is 23.3. The van der Waals surface area contributed by atoms with Crippen LogP contribution in [0.5, 0.6) is 0 Å². The molecule has 242 valence electrons. The topological polar surface area (TPSA) is 144 Å². The summed E-state index contributed by atoms with van der Waals surface area (Å²) in [5, 5.41) is 0. The molecule has 2 unspecified atom stereocenters. The summed E-state index contributed by atoms with van der Waals surface area (Å²) in [6, 6.07) is 0. The number of nitrogen functional groups attached to an aromatic ring is 1. The third-order valence-corrected chi connectivity index (χ3v) is 8.38. The van der Waals surface area contributed by atoms with E-state index in [2.05, 4.69) is 21.9 Å². The van der Waals surface area contributed by atoms with Crippen molar-refractivity contribution in [2.45, 2.75) is 122 Å². The predicted molar refractivity (Wildman–Crippen MR) is 167 cm³/mol. The van der Waals surface area contributed by atoms with Gasteiger partial charge in [0.15, 0.2) is 11.5 Å². The van der Waals surface area contributed by atoms with Gasteiger partial charge in [-0.05, 0) is 6.42 Å². The van der Waals surface area contributed by atoms with Gasteiger partial charge in [-0.2, -0.15) is 0 Å². The normalized spacial score (nSPS) is 14.0. The molecule has 0 aliphatic carbocycles. The maximum Gasteiger partial charge on any atom is 0.353 e. The highest BCUT2D eigenvalue weighted by Gasteiger charge is 2.23. The van der Waals surface area contributed by atoms with Crippen LogP contribution in [-0.4, -0.2) is 70.4 Å². The number of unbranched alkanes of at least 4 members (excludes halogenated alkanes) is 15. The molecule has 0 aromatic carbocycles. The Labute approximate surface area is 252 Å². The number of nitrogens with two attached hydrogens (primary N) is 1. The Hall–Kier alpha value is -1.62. The average Bonchev–Trinajstić information content (AvgIpc) is 3.39. The Morgan fingerprint density at radius 1 is 0.857 bits per heavy atom. The lowest BCUT2D eigenvalue weighted by molar-refractivity contribution is 0.00122. The molecule has 0 saturated carbocycles. The molecule has 0 radical (unpaired) electrons. The lowest BCUT2D eigenvalue weighted by atomic mass is 10.0. The van der Waals surface area contributed by atoms with E-state index >= 15 is 0 Å². The Morgan fingerprint density at radius 3 is 2.05 bits per heavy atom. The number of imidazole rings is 1. The summed E-state index contributed by atoms with van der Waals surface area (Å²) in [5.41, 5.74) is 6.88. The molecule has 0 bridgehead atoms. The van der Waals surface area contributed by atoms with Gasteiger partial charge in [0.1, 0.15) is 18.2 Å². The second kappa shape index (κ2) is 22.9. The highest BCUT2D eigenvalue weighted by molar-refractivity contribution is 7.52. The molecule has 0 amide bonds. The number of fused-ring (bicyclic) bond motifs is 1. The van der Waals surface area contributed by atoms with Gasteiger partial charge in [-0.15, -0.1) is 0 Å². The van der Waals surface area contributed by atoms with Gasteiger partial charge in [-0.3, -0.25) is 4.57 Å². The number of aromatic nitrogens is 4. The summed E-state index contributed by atoms with van der Waals surface area (Å²) >= 11 is 0.